The summed E-state index contributed by atoms with van der Waals surface area (Å²) in [4.78, 5) is 3.88. The molecule has 2 rings (SSSR count). The van der Waals surface area contributed by atoms with Crippen LogP contribution in [0.5, 0.6) is 0 Å². The van der Waals surface area contributed by atoms with Crippen LogP contribution in [0.25, 0.3) is 11.1 Å². The molecule has 1 aromatic heterocycles. The number of anilines is 1. The zero-order valence-electron chi connectivity index (χ0n) is 6.47. The SMILES string of the molecule is CNc1nc2c(F)cccc2o1. The van der Waals surface area contributed by atoms with Gasteiger partial charge in [0.25, 0.3) is 6.01 Å². The molecule has 0 aliphatic rings. The molecule has 0 atom stereocenters. The van der Waals surface area contributed by atoms with Crippen molar-refractivity contribution in [1.82, 2.24) is 4.98 Å². The van der Waals surface area contributed by atoms with E-state index in [1.165, 1.54) is 6.07 Å². The number of rotatable bonds is 1. The van der Waals surface area contributed by atoms with Crippen molar-refractivity contribution in [3.8, 4) is 0 Å². The van der Waals surface area contributed by atoms with E-state index < -0.39 is 0 Å². The molecule has 1 heterocycles. The quantitative estimate of drug-likeness (QED) is 0.704. The Morgan fingerprint density at radius 2 is 2.33 bits per heavy atom. The first-order valence-electron chi connectivity index (χ1n) is 3.54. The van der Waals surface area contributed by atoms with Crippen molar-refractivity contribution < 1.29 is 8.81 Å². The fourth-order valence-corrected chi connectivity index (χ4v) is 1.02. The van der Waals surface area contributed by atoms with E-state index in [0.717, 1.165) is 0 Å². The highest BCUT2D eigenvalue weighted by Gasteiger charge is 2.07. The maximum absolute atomic E-state index is 13.0. The van der Waals surface area contributed by atoms with Gasteiger partial charge in [0.1, 0.15) is 5.52 Å². The molecule has 0 amide bonds. The highest BCUT2D eigenvalue weighted by Crippen LogP contribution is 2.20. The molecule has 0 aliphatic heterocycles. The summed E-state index contributed by atoms with van der Waals surface area (Å²) < 4.78 is 18.1. The van der Waals surface area contributed by atoms with Crippen LogP contribution in [-0.4, -0.2) is 12.0 Å². The lowest BCUT2D eigenvalue weighted by atomic mass is 10.3. The highest BCUT2D eigenvalue weighted by atomic mass is 19.1. The van der Waals surface area contributed by atoms with Crippen LogP contribution >= 0.6 is 0 Å². The van der Waals surface area contributed by atoms with Gasteiger partial charge in [0, 0.05) is 7.05 Å². The number of nitrogens with one attached hydrogen (secondary N) is 1. The number of para-hydroxylation sites is 1. The van der Waals surface area contributed by atoms with Crippen molar-refractivity contribution in [3.05, 3.63) is 24.0 Å². The Hall–Kier alpha value is -1.58. The Kier molecular flexibility index (Phi) is 1.46. The maximum atomic E-state index is 13.0. The topological polar surface area (TPSA) is 38.1 Å². The number of oxazole rings is 1. The Morgan fingerprint density at radius 1 is 1.50 bits per heavy atom. The second-order valence-electron chi connectivity index (χ2n) is 2.36. The second kappa shape index (κ2) is 2.48. The third-order valence-electron chi connectivity index (χ3n) is 1.58. The molecule has 2 aromatic rings. The van der Waals surface area contributed by atoms with Gasteiger partial charge in [-0.05, 0) is 12.1 Å². The minimum atomic E-state index is -0.363. The van der Waals surface area contributed by atoms with Crippen LogP contribution in [0.1, 0.15) is 0 Å². The van der Waals surface area contributed by atoms with Gasteiger partial charge in [0.15, 0.2) is 11.4 Å². The maximum Gasteiger partial charge on any atom is 0.295 e. The standard InChI is InChI=1S/C8H7FN2O/c1-10-8-11-7-5(9)3-2-4-6(7)12-8/h2-4H,1H3,(H,10,11). The Bertz CT molecular complexity index is 410. The summed E-state index contributed by atoms with van der Waals surface area (Å²) in [7, 11) is 1.67. The molecule has 0 unspecified atom stereocenters. The predicted molar refractivity (Wildman–Crippen MR) is 43.5 cm³/mol. The summed E-state index contributed by atoms with van der Waals surface area (Å²) in [6.07, 6.45) is 0. The molecule has 0 radical (unpaired) electrons. The number of halogens is 1. The molecule has 0 saturated heterocycles. The average Bonchev–Trinajstić information content (AvgIpc) is 2.49. The first kappa shape index (κ1) is 7.09. The van der Waals surface area contributed by atoms with Crippen molar-refractivity contribution in [3.63, 3.8) is 0 Å². The fourth-order valence-electron chi connectivity index (χ4n) is 1.02. The van der Waals surface area contributed by atoms with Crippen molar-refractivity contribution >= 4 is 17.1 Å². The lowest BCUT2D eigenvalue weighted by Gasteiger charge is -1.85. The number of hydrogen-bond donors (Lipinski definition) is 1. The van der Waals surface area contributed by atoms with Gasteiger partial charge in [-0.25, -0.2) is 4.39 Å². The van der Waals surface area contributed by atoms with E-state index in [2.05, 4.69) is 10.3 Å². The summed E-state index contributed by atoms with van der Waals surface area (Å²) >= 11 is 0. The summed E-state index contributed by atoms with van der Waals surface area (Å²) in [5.74, 6) is -0.363. The first-order valence-corrected chi connectivity index (χ1v) is 3.54. The molecule has 0 aliphatic carbocycles. The Morgan fingerprint density at radius 3 is 3.00 bits per heavy atom. The Balaban J connectivity index is 2.74. The van der Waals surface area contributed by atoms with E-state index in [9.17, 15) is 4.39 Å². The van der Waals surface area contributed by atoms with Crippen molar-refractivity contribution in [2.24, 2.45) is 0 Å². The van der Waals surface area contributed by atoms with Gasteiger partial charge in [0.2, 0.25) is 0 Å². The zero-order chi connectivity index (χ0) is 8.55. The van der Waals surface area contributed by atoms with E-state index in [1.807, 2.05) is 0 Å². The van der Waals surface area contributed by atoms with Crippen LogP contribution in [0, 0.1) is 5.82 Å². The molecule has 3 nitrogen and oxygen atoms in total. The molecule has 0 spiro atoms. The minimum absolute atomic E-state index is 0.266. The van der Waals surface area contributed by atoms with E-state index in [-0.39, 0.29) is 11.3 Å². The molecule has 0 bridgehead atoms. The summed E-state index contributed by atoms with van der Waals surface area (Å²) in [5, 5.41) is 2.70. The van der Waals surface area contributed by atoms with Gasteiger partial charge in [-0.3, -0.25) is 0 Å². The smallest absolute Gasteiger partial charge is 0.295 e. The lowest BCUT2D eigenvalue weighted by molar-refractivity contribution is 0.617. The van der Waals surface area contributed by atoms with Crippen LogP contribution < -0.4 is 5.32 Å². The van der Waals surface area contributed by atoms with Gasteiger partial charge in [-0.15, -0.1) is 0 Å². The molecule has 62 valence electrons. The molecular weight excluding hydrogens is 159 g/mol. The Labute approximate surface area is 68.2 Å². The summed E-state index contributed by atoms with van der Waals surface area (Å²) in [6.45, 7) is 0. The predicted octanol–water partition coefficient (Wildman–Crippen LogP) is 2.01. The van der Waals surface area contributed by atoms with E-state index >= 15 is 0 Å². The van der Waals surface area contributed by atoms with Gasteiger partial charge in [-0.1, -0.05) is 6.07 Å². The van der Waals surface area contributed by atoms with Gasteiger partial charge in [-0.2, -0.15) is 4.98 Å². The molecule has 12 heavy (non-hydrogen) atoms. The minimum Gasteiger partial charge on any atom is -0.423 e. The van der Waals surface area contributed by atoms with Crippen molar-refractivity contribution in [2.75, 3.05) is 12.4 Å². The molecule has 0 saturated carbocycles. The lowest BCUT2D eigenvalue weighted by Crippen LogP contribution is -1.85. The second-order valence-corrected chi connectivity index (χ2v) is 2.36. The average molecular weight is 166 g/mol. The molecule has 0 fully saturated rings. The molecule has 1 N–H and O–H groups in total. The van der Waals surface area contributed by atoms with E-state index in [0.29, 0.717) is 11.6 Å². The summed E-state index contributed by atoms with van der Waals surface area (Å²) in [6, 6.07) is 4.94. The van der Waals surface area contributed by atoms with Crippen LogP contribution in [-0.2, 0) is 0 Å². The number of hydrogen-bond acceptors (Lipinski definition) is 3. The first-order chi connectivity index (χ1) is 5.81. The van der Waals surface area contributed by atoms with Crippen LogP contribution in [0.3, 0.4) is 0 Å². The normalized spacial score (nSPS) is 10.5. The third-order valence-corrected chi connectivity index (χ3v) is 1.58. The van der Waals surface area contributed by atoms with Crippen LogP contribution in [0.2, 0.25) is 0 Å². The zero-order valence-corrected chi connectivity index (χ0v) is 6.47. The number of fused-ring (bicyclic) bond motifs is 1. The molecule has 4 heteroatoms. The number of nitrogens with zero attached hydrogens (tertiary/aromatic N) is 1. The molecule has 1 aromatic carbocycles. The van der Waals surface area contributed by atoms with E-state index in [4.69, 9.17) is 4.42 Å². The van der Waals surface area contributed by atoms with Gasteiger partial charge >= 0.3 is 0 Å². The third kappa shape index (κ3) is 0.922. The number of benzene rings is 1. The highest BCUT2D eigenvalue weighted by molar-refractivity contribution is 5.74. The fraction of sp³-hybridized carbons (Fsp3) is 0.125. The summed E-state index contributed by atoms with van der Waals surface area (Å²) in [5.41, 5.74) is 0.723. The van der Waals surface area contributed by atoms with Crippen LogP contribution in [0.15, 0.2) is 22.6 Å². The van der Waals surface area contributed by atoms with Crippen molar-refractivity contribution in [1.29, 1.82) is 0 Å². The van der Waals surface area contributed by atoms with Gasteiger partial charge < -0.3 is 9.73 Å². The van der Waals surface area contributed by atoms with Crippen molar-refractivity contribution in [2.45, 2.75) is 0 Å². The number of aromatic nitrogens is 1. The van der Waals surface area contributed by atoms with E-state index in [1.54, 1.807) is 19.2 Å². The monoisotopic (exact) mass is 166 g/mol. The van der Waals surface area contributed by atoms with Crippen LogP contribution in [0.4, 0.5) is 10.4 Å². The molecular formula is C8H7FN2O. The van der Waals surface area contributed by atoms with Gasteiger partial charge in [0.05, 0.1) is 0 Å². The largest absolute Gasteiger partial charge is 0.423 e.